The Morgan fingerprint density at radius 3 is 2.11 bits per heavy atom. The lowest BCUT2D eigenvalue weighted by atomic mass is 9.92. The molecule has 0 spiro atoms. The summed E-state index contributed by atoms with van der Waals surface area (Å²) in [7, 11) is 3.95. The van der Waals surface area contributed by atoms with Crippen LogP contribution in [0.2, 0.25) is 10.0 Å². The first-order valence-electron chi connectivity index (χ1n) is 8.73. The van der Waals surface area contributed by atoms with Gasteiger partial charge in [-0.1, -0.05) is 41.4 Å². The van der Waals surface area contributed by atoms with Gasteiger partial charge in [0, 0.05) is 29.8 Å². The lowest BCUT2D eigenvalue weighted by Crippen LogP contribution is -2.65. The number of carbonyl (C=O) groups is 1. The van der Waals surface area contributed by atoms with Crippen LogP contribution in [0.15, 0.2) is 48.5 Å². The van der Waals surface area contributed by atoms with Gasteiger partial charge in [-0.15, -0.1) is 0 Å². The molecular formula is C20H24Cl2N4O. The molecule has 0 aliphatic carbocycles. The van der Waals surface area contributed by atoms with E-state index in [-0.39, 0.29) is 6.03 Å². The van der Waals surface area contributed by atoms with E-state index >= 15 is 0 Å². The Kier molecular flexibility index (Phi) is 5.68. The summed E-state index contributed by atoms with van der Waals surface area (Å²) in [5, 5.41) is 5.21. The lowest BCUT2D eigenvalue weighted by Gasteiger charge is -2.50. The number of hydrogen-bond acceptors (Lipinski definition) is 3. The van der Waals surface area contributed by atoms with E-state index < -0.39 is 5.54 Å². The Morgan fingerprint density at radius 1 is 0.963 bits per heavy atom. The number of carbonyl (C=O) groups excluding carboxylic acids is 1. The number of halogens is 2. The second kappa shape index (κ2) is 7.68. The van der Waals surface area contributed by atoms with Crippen LogP contribution >= 0.6 is 23.2 Å². The molecule has 0 atom stereocenters. The van der Waals surface area contributed by atoms with Crippen LogP contribution in [0.1, 0.15) is 19.4 Å². The molecule has 5 nitrogen and oxygen atoms in total. The summed E-state index contributed by atoms with van der Waals surface area (Å²) in [6.07, 6.45) is 0. The first kappa shape index (κ1) is 20.0. The first-order chi connectivity index (χ1) is 12.7. The van der Waals surface area contributed by atoms with Gasteiger partial charge >= 0.3 is 6.03 Å². The monoisotopic (exact) mass is 406 g/mol. The van der Waals surface area contributed by atoms with Crippen LogP contribution in [-0.2, 0) is 5.54 Å². The van der Waals surface area contributed by atoms with E-state index in [0.717, 1.165) is 11.3 Å². The maximum atomic E-state index is 13.4. The third kappa shape index (κ3) is 4.06. The predicted octanol–water partition coefficient (Wildman–Crippen LogP) is 4.86. The Hall–Kier alpha value is -1.79. The van der Waals surface area contributed by atoms with Crippen molar-refractivity contribution in [3.8, 4) is 0 Å². The molecule has 0 N–H and O–H groups in total. The molecule has 144 valence electrons. The number of hydrazine groups is 1. The van der Waals surface area contributed by atoms with Gasteiger partial charge in [-0.25, -0.2) is 14.8 Å². The van der Waals surface area contributed by atoms with Crippen molar-refractivity contribution in [2.24, 2.45) is 0 Å². The molecule has 1 heterocycles. The van der Waals surface area contributed by atoms with Gasteiger partial charge in [0.1, 0.15) is 0 Å². The minimum absolute atomic E-state index is 0.0552. The van der Waals surface area contributed by atoms with Crippen molar-refractivity contribution in [3.63, 3.8) is 0 Å². The summed E-state index contributed by atoms with van der Waals surface area (Å²) >= 11 is 12.4. The summed E-state index contributed by atoms with van der Waals surface area (Å²) in [4.78, 5) is 17.0. The zero-order valence-electron chi connectivity index (χ0n) is 16.0. The predicted molar refractivity (Wildman–Crippen MR) is 111 cm³/mol. The van der Waals surface area contributed by atoms with Gasteiger partial charge in [0.25, 0.3) is 0 Å². The molecule has 1 aliphatic heterocycles. The molecule has 1 saturated heterocycles. The van der Waals surface area contributed by atoms with Crippen molar-refractivity contribution in [3.05, 3.63) is 64.1 Å². The highest BCUT2D eigenvalue weighted by Crippen LogP contribution is 2.35. The van der Waals surface area contributed by atoms with E-state index in [1.807, 2.05) is 80.3 Å². The van der Waals surface area contributed by atoms with Crippen molar-refractivity contribution < 1.29 is 4.79 Å². The fourth-order valence-corrected chi connectivity index (χ4v) is 3.70. The molecule has 1 aliphatic rings. The van der Waals surface area contributed by atoms with Gasteiger partial charge in [0.15, 0.2) is 0 Å². The second-order valence-electron chi connectivity index (χ2n) is 7.33. The van der Waals surface area contributed by atoms with Gasteiger partial charge in [0.2, 0.25) is 0 Å². The molecular weight excluding hydrogens is 383 g/mol. The number of rotatable bonds is 4. The molecule has 2 aromatic carbocycles. The topological polar surface area (TPSA) is 30.0 Å². The highest BCUT2D eigenvalue weighted by molar-refractivity contribution is 6.34. The van der Waals surface area contributed by atoms with Crippen molar-refractivity contribution in [2.75, 3.05) is 32.3 Å². The first-order valence-corrected chi connectivity index (χ1v) is 9.48. The summed E-state index contributed by atoms with van der Waals surface area (Å²) in [5.74, 6) is 0. The average molecular weight is 407 g/mol. The summed E-state index contributed by atoms with van der Waals surface area (Å²) < 4.78 is 0. The molecule has 0 radical (unpaired) electrons. The number of amides is 2. The third-order valence-corrected chi connectivity index (χ3v) is 5.38. The molecule has 2 amide bonds. The molecule has 27 heavy (non-hydrogen) atoms. The Labute approximate surface area is 170 Å². The van der Waals surface area contributed by atoms with Crippen LogP contribution in [-0.4, -0.2) is 48.4 Å². The fraction of sp³-hybridized carbons (Fsp3) is 0.350. The van der Waals surface area contributed by atoms with Crippen LogP contribution in [0.5, 0.6) is 0 Å². The third-order valence-electron chi connectivity index (χ3n) is 4.95. The molecule has 0 saturated carbocycles. The smallest absolute Gasteiger partial charge is 0.301 e. The van der Waals surface area contributed by atoms with Crippen molar-refractivity contribution >= 4 is 34.9 Å². The van der Waals surface area contributed by atoms with E-state index in [4.69, 9.17) is 23.2 Å². The average Bonchev–Trinajstić information content (AvgIpc) is 2.61. The minimum Gasteiger partial charge on any atom is -0.301 e. The van der Waals surface area contributed by atoms with Crippen LogP contribution in [0.3, 0.4) is 0 Å². The SMILES string of the molecule is CN(C)N1CN(c2ccccc2)C(=O)N(C(C)(C)c2cc(Cl)cc(Cl)c2)C1. The van der Waals surface area contributed by atoms with Crippen molar-refractivity contribution in [2.45, 2.75) is 19.4 Å². The number of benzene rings is 2. The number of nitrogens with zero attached hydrogens (tertiary/aromatic N) is 4. The standard InChI is InChI=1S/C20H24Cl2N4O/c1-20(2,15-10-16(21)12-17(22)11-15)26-14-24(23(3)4)13-25(19(26)27)18-8-6-5-7-9-18/h5-12H,13-14H2,1-4H3. The zero-order chi connectivity index (χ0) is 19.8. The van der Waals surface area contributed by atoms with Gasteiger partial charge in [0.05, 0.1) is 18.9 Å². The maximum absolute atomic E-state index is 13.4. The number of urea groups is 1. The number of para-hydroxylation sites is 1. The summed E-state index contributed by atoms with van der Waals surface area (Å²) in [6.45, 7) is 4.97. The fourth-order valence-electron chi connectivity index (χ4n) is 3.17. The Morgan fingerprint density at radius 2 is 1.56 bits per heavy atom. The van der Waals surface area contributed by atoms with E-state index in [1.165, 1.54) is 0 Å². The number of anilines is 1. The van der Waals surface area contributed by atoms with Crippen LogP contribution in [0.25, 0.3) is 0 Å². The molecule has 0 aromatic heterocycles. The van der Waals surface area contributed by atoms with E-state index in [2.05, 4.69) is 5.01 Å². The second-order valence-corrected chi connectivity index (χ2v) is 8.20. The van der Waals surface area contributed by atoms with E-state index in [9.17, 15) is 4.79 Å². The van der Waals surface area contributed by atoms with E-state index in [0.29, 0.717) is 23.4 Å². The van der Waals surface area contributed by atoms with Gasteiger partial charge in [-0.05, 0) is 49.7 Å². The highest BCUT2D eigenvalue weighted by atomic mass is 35.5. The van der Waals surface area contributed by atoms with Gasteiger partial charge < -0.3 is 4.90 Å². The maximum Gasteiger partial charge on any atom is 0.327 e. The highest BCUT2D eigenvalue weighted by Gasteiger charge is 2.41. The van der Waals surface area contributed by atoms with Crippen molar-refractivity contribution in [1.82, 2.24) is 14.9 Å². The normalized spacial score (nSPS) is 16.3. The Bertz CT molecular complexity index is 806. The molecule has 7 heteroatoms. The largest absolute Gasteiger partial charge is 0.327 e. The lowest BCUT2D eigenvalue weighted by molar-refractivity contribution is -0.0529. The molecule has 1 fully saturated rings. The number of hydrogen-bond donors (Lipinski definition) is 0. The van der Waals surface area contributed by atoms with E-state index in [1.54, 1.807) is 11.0 Å². The van der Waals surface area contributed by atoms with Crippen molar-refractivity contribution in [1.29, 1.82) is 0 Å². The summed E-state index contributed by atoms with van der Waals surface area (Å²) in [6, 6.07) is 15.1. The molecule has 2 aromatic rings. The molecule has 3 rings (SSSR count). The van der Waals surface area contributed by atoms with Crippen LogP contribution < -0.4 is 4.90 Å². The van der Waals surface area contributed by atoms with Crippen LogP contribution in [0.4, 0.5) is 10.5 Å². The minimum atomic E-state index is -0.604. The quantitative estimate of drug-likeness (QED) is 0.725. The molecule has 0 bridgehead atoms. The van der Waals surface area contributed by atoms with Gasteiger partial charge in [-0.2, -0.15) is 0 Å². The molecule has 0 unspecified atom stereocenters. The zero-order valence-corrected chi connectivity index (χ0v) is 17.5. The Balaban J connectivity index is 2.02. The van der Waals surface area contributed by atoms with Gasteiger partial charge in [-0.3, -0.25) is 4.90 Å². The summed E-state index contributed by atoms with van der Waals surface area (Å²) in [5.41, 5.74) is 1.15. The van der Waals surface area contributed by atoms with Crippen LogP contribution in [0, 0.1) is 0 Å².